The van der Waals surface area contributed by atoms with Crippen molar-refractivity contribution < 1.29 is 14.6 Å². The Bertz CT molecular complexity index is 421. The lowest BCUT2D eigenvalue weighted by atomic mass is 9.98. The van der Waals surface area contributed by atoms with Gasteiger partial charge in [-0.2, -0.15) is 0 Å². The molecule has 1 rings (SSSR count). The van der Waals surface area contributed by atoms with Gasteiger partial charge < -0.3 is 20.9 Å². The molecule has 1 unspecified atom stereocenters. The van der Waals surface area contributed by atoms with E-state index in [0.29, 0.717) is 25.3 Å². The second-order valence-corrected chi connectivity index (χ2v) is 4.27. The minimum Gasteiger partial charge on any atom is -0.504 e. The summed E-state index contributed by atoms with van der Waals surface area (Å²) in [6, 6.07) is 5.10. The van der Waals surface area contributed by atoms with Crippen LogP contribution in [-0.4, -0.2) is 30.7 Å². The van der Waals surface area contributed by atoms with Crippen LogP contribution in [0.4, 0.5) is 0 Å². The largest absolute Gasteiger partial charge is 0.504 e. The standard InChI is InChI=1S/C14H22N2O3/c1-3-16-14(18)11(9-15)7-10-5-6-12(17)13(8-10)19-4-2/h5-6,8,11,17H,3-4,7,9,15H2,1-2H3,(H,16,18). The molecule has 0 bridgehead atoms. The molecule has 0 saturated carbocycles. The maximum Gasteiger partial charge on any atom is 0.224 e. The molecule has 1 amide bonds. The van der Waals surface area contributed by atoms with Gasteiger partial charge in [0.25, 0.3) is 0 Å². The summed E-state index contributed by atoms with van der Waals surface area (Å²) in [6.45, 7) is 5.09. The Morgan fingerprint density at radius 2 is 2.21 bits per heavy atom. The fourth-order valence-electron chi connectivity index (χ4n) is 1.84. The zero-order valence-electron chi connectivity index (χ0n) is 11.5. The lowest BCUT2D eigenvalue weighted by molar-refractivity contribution is -0.124. The van der Waals surface area contributed by atoms with Crippen molar-refractivity contribution in [3.8, 4) is 11.5 Å². The molecule has 0 radical (unpaired) electrons. The first-order valence-electron chi connectivity index (χ1n) is 6.54. The third-order valence-electron chi connectivity index (χ3n) is 2.81. The average Bonchev–Trinajstić information content (AvgIpc) is 2.40. The van der Waals surface area contributed by atoms with Gasteiger partial charge in [-0.25, -0.2) is 0 Å². The molecule has 19 heavy (non-hydrogen) atoms. The van der Waals surface area contributed by atoms with Crippen molar-refractivity contribution in [3.63, 3.8) is 0 Å². The Kier molecular flexibility index (Phi) is 6.15. The molecule has 1 atom stereocenters. The van der Waals surface area contributed by atoms with Crippen LogP contribution in [-0.2, 0) is 11.2 Å². The smallest absolute Gasteiger partial charge is 0.224 e. The zero-order valence-corrected chi connectivity index (χ0v) is 11.5. The molecule has 0 aliphatic rings. The number of phenolic OH excluding ortho intramolecular Hbond substituents is 1. The van der Waals surface area contributed by atoms with Gasteiger partial charge in [-0.1, -0.05) is 6.07 Å². The highest BCUT2D eigenvalue weighted by atomic mass is 16.5. The highest BCUT2D eigenvalue weighted by Gasteiger charge is 2.17. The summed E-state index contributed by atoms with van der Waals surface area (Å²) in [5.74, 6) is 0.231. The molecular weight excluding hydrogens is 244 g/mol. The Hall–Kier alpha value is -1.75. The molecule has 1 aromatic carbocycles. The summed E-state index contributed by atoms with van der Waals surface area (Å²) in [5, 5.41) is 12.4. The van der Waals surface area contributed by atoms with Crippen molar-refractivity contribution in [2.75, 3.05) is 19.7 Å². The van der Waals surface area contributed by atoms with Gasteiger partial charge >= 0.3 is 0 Å². The highest BCUT2D eigenvalue weighted by molar-refractivity contribution is 5.79. The molecule has 0 aliphatic heterocycles. The van der Waals surface area contributed by atoms with E-state index in [4.69, 9.17) is 10.5 Å². The van der Waals surface area contributed by atoms with Crippen LogP contribution in [0.2, 0.25) is 0 Å². The predicted octanol–water partition coefficient (Wildman–Crippen LogP) is 1.04. The number of hydrogen-bond acceptors (Lipinski definition) is 4. The van der Waals surface area contributed by atoms with Crippen LogP contribution in [0.3, 0.4) is 0 Å². The van der Waals surface area contributed by atoms with Gasteiger partial charge in [0.15, 0.2) is 11.5 Å². The number of ether oxygens (including phenoxy) is 1. The number of phenols is 1. The second-order valence-electron chi connectivity index (χ2n) is 4.27. The average molecular weight is 266 g/mol. The van der Waals surface area contributed by atoms with Gasteiger partial charge in [0.05, 0.1) is 12.5 Å². The third-order valence-corrected chi connectivity index (χ3v) is 2.81. The van der Waals surface area contributed by atoms with Gasteiger partial charge in [0.2, 0.25) is 5.91 Å². The molecule has 0 heterocycles. The van der Waals surface area contributed by atoms with Gasteiger partial charge in [-0.3, -0.25) is 4.79 Å². The Morgan fingerprint density at radius 1 is 1.47 bits per heavy atom. The third kappa shape index (κ3) is 4.44. The molecular formula is C14H22N2O3. The first-order valence-corrected chi connectivity index (χ1v) is 6.54. The van der Waals surface area contributed by atoms with Crippen molar-refractivity contribution in [1.29, 1.82) is 0 Å². The summed E-state index contributed by atoms with van der Waals surface area (Å²) in [4.78, 5) is 11.8. The van der Waals surface area contributed by atoms with E-state index < -0.39 is 0 Å². The normalized spacial score (nSPS) is 11.9. The van der Waals surface area contributed by atoms with Crippen molar-refractivity contribution in [3.05, 3.63) is 23.8 Å². The van der Waals surface area contributed by atoms with E-state index in [1.54, 1.807) is 18.2 Å². The maximum atomic E-state index is 11.8. The molecule has 0 spiro atoms. The number of hydrogen-bond donors (Lipinski definition) is 3. The Morgan fingerprint density at radius 3 is 2.79 bits per heavy atom. The van der Waals surface area contributed by atoms with E-state index in [9.17, 15) is 9.90 Å². The molecule has 0 aromatic heterocycles. The van der Waals surface area contributed by atoms with Crippen molar-refractivity contribution in [1.82, 2.24) is 5.32 Å². The lowest BCUT2D eigenvalue weighted by Gasteiger charge is -2.15. The van der Waals surface area contributed by atoms with Crippen LogP contribution in [0.25, 0.3) is 0 Å². The van der Waals surface area contributed by atoms with E-state index in [2.05, 4.69) is 5.32 Å². The summed E-state index contributed by atoms with van der Waals surface area (Å²) >= 11 is 0. The number of nitrogens with one attached hydrogen (secondary N) is 1. The van der Waals surface area contributed by atoms with Crippen LogP contribution in [0.15, 0.2) is 18.2 Å². The topological polar surface area (TPSA) is 84.6 Å². The molecule has 5 nitrogen and oxygen atoms in total. The molecule has 1 aromatic rings. The minimum atomic E-state index is -0.265. The second kappa shape index (κ2) is 7.63. The van der Waals surface area contributed by atoms with Crippen molar-refractivity contribution in [2.24, 2.45) is 11.7 Å². The summed E-state index contributed by atoms with van der Waals surface area (Å²) in [6.07, 6.45) is 0.530. The first-order chi connectivity index (χ1) is 9.12. The van der Waals surface area contributed by atoms with Gasteiger partial charge in [0.1, 0.15) is 0 Å². The van der Waals surface area contributed by atoms with E-state index >= 15 is 0 Å². The van der Waals surface area contributed by atoms with E-state index in [0.717, 1.165) is 5.56 Å². The van der Waals surface area contributed by atoms with Crippen molar-refractivity contribution in [2.45, 2.75) is 20.3 Å². The van der Waals surface area contributed by atoms with Crippen LogP contribution in [0.5, 0.6) is 11.5 Å². The predicted molar refractivity (Wildman–Crippen MR) is 74.2 cm³/mol. The van der Waals surface area contributed by atoms with Crippen LogP contribution in [0.1, 0.15) is 19.4 Å². The SMILES string of the molecule is CCNC(=O)C(CN)Cc1ccc(O)c(OCC)c1. The van der Waals surface area contributed by atoms with Crippen LogP contribution in [0, 0.1) is 5.92 Å². The van der Waals surface area contributed by atoms with E-state index in [-0.39, 0.29) is 24.1 Å². The number of carbonyl (C=O) groups excluding carboxylic acids is 1. The summed E-state index contributed by atoms with van der Waals surface area (Å²) in [7, 11) is 0. The summed E-state index contributed by atoms with van der Waals surface area (Å²) < 4.78 is 5.32. The van der Waals surface area contributed by atoms with Gasteiger partial charge in [-0.05, 0) is 38.0 Å². The molecule has 0 aliphatic carbocycles. The molecule has 4 N–H and O–H groups in total. The molecule has 106 valence electrons. The molecule has 0 fully saturated rings. The van der Waals surface area contributed by atoms with Crippen LogP contribution < -0.4 is 15.8 Å². The molecule has 0 saturated heterocycles. The van der Waals surface area contributed by atoms with Gasteiger partial charge in [0, 0.05) is 13.1 Å². The highest BCUT2D eigenvalue weighted by Crippen LogP contribution is 2.27. The summed E-state index contributed by atoms with van der Waals surface area (Å²) in [5.41, 5.74) is 6.56. The first kappa shape index (κ1) is 15.3. The van der Waals surface area contributed by atoms with E-state index in [1.807, 2.05) is 13.8 Å². The molecule has 5 heteroatoms. The number of benzene rings is 1. The van der Waals surface area contributed by atoms with Crippen molar-refractivity contribution >= 4 is 5.91 Å². The van der Waals surface area contributed by atoms with E-state index in [1.165, 1.54) is 0 Å². The Labute approximate surface area is 113 Å². The van der Waals surface area contributed by atoms with Crippen LogP contribution >= 0.6 is 0 Å². The monoisotopic (exact) mass is 266 g/mol. The maximum absolute atomic E-state index is 11.8. The quantitative estimate of drug-likeness (QED) is 0.688. The lowest BCUT2D eigenvalue weighted by Crippen LogP contribution is -2.36. The van der Waals surface area contributed by atoms with Gasteiger partial charge in [-0.15, -0.1) is 0 Å². The minimum absolute atomic E-state index is 0.0453. The fourth-order valence-corrected chi connectivity index (χ4v) is 1.84. The number of amides is 1. The zero-order chi connectivity index (χ0) is 14.3. The Balaban J connectivity index is 2.79. The fraction of sp³-hybridized carbons (Fsp3) is 0.500. The number of aromatic hydroxyl groups is 1. The number of carbonyl (C=O) groups is 1. The number of rotatable bonds is 7. The number of nitrogens with two attached hydrogens (primary N) is 1.